The Hall–Kier alpha value is -3.73. The van der Waals surface area contributed by atoms with E-state index in [2.05, 4.69) is 20.7 Å². The fourth-order valence-electron chi connectivity index (χ4n) is 2.90. The van der Waals surface area contributed by atoms with Crippen molar-refractivity contribution in [3.05, 3.63) is 89.6 Å². The molecule has 4 aromatic rings. The first-order chi connectivity index (χ1) is 13.2. The van der Waals surface area contributed by atoms with Crippen molar-refractivity contribution in [2.75, 3.05) is 0 Å². The highest BCUT2D eigenvalue weighted by Crippen LogP contribution is 2.20. The van der Waals surface area contributed by atoms with Gasteiger partial charge < -0.3 is 0 Å². The van der Waals surface area contributed by atoms with Crippen molar-refractivity contribution in [2.45, 2.75) is 6.92 Å². The first-order valence-corrected chi connectivity index (χ1v) is 8.63. The van der Waals surface area contributed by atoms with Crippen LogP contribution in [0.3, 0.4) is 0 Å². The second-order valence-corrected chi connectivity index (χ2v) is 6.33. The Labute approximate surface area is 156 Å². The number of nitrogens with zero attached hydrogens (tertiary/aromatic N) is 2. The summed E-state index contributed by atoms with van der Waals surface area (Å²) in [5, 5.41) is 13.3. The SMILES string of the molecule is Cc1ccc(-c2[nH]ncc2C=NNC(=O)c2ccc3ccccc3c2)cc1. The molecule has 5 heteroatoms. The number of hydrogen-bond donors (Lipinski definition) is 2. The minimum atomic E-state index is -0.252. The number of hydrogen-bond acceptors (Lipinski definition) is 3. The molecule has 1 aromatic heterocycles. The van der Waals surface area contributed by atoms with Crippen molar-refractivity contribution in [1.82, 2.24) is 15.6 Å². The lowest BCUT2D eigenvalue weighted by Crippen LogP contribution is -2.17. The summed E-state index contributed by atoms with van der Waals surface area (Å²) in [5.74, 6) is -0.252. The van der Waals surface area contributed by atoms with Gasteiger partial charge in [0.15, 0.2) is 0 Å². The zero-order chi connectivity index (χ0) is 18.6. The van der Waals surface area contributed by atoms with Crippen molar-refractivity contribution < 1.29 is 4.79 Å². The van der Waals surface area contributed by atoms with Crippen LogP contribution in [-0.2, 0) is 0 Å². The van der Waals surface area contributed by atoms with Crippen LogP contribution >= 0.6 is 0 Å². The van der Waals surface area contributed by atoms with Gasteiger partial charge in [-0.1, -0.05) is 60.2 Å². The maximum Gasteiger partial charge on any atom is 0.271 e. The van der Waals surface area contributed by atoms with Crippen LogP contribution in [0.2, 0.25) is 0 Å². The lowest BCUT2D eigenvalue weighted by molar-refractivity contribution is 0.0955. The Morgan fingerprint density at radius 2 is 1.81 bits per heavy atom. The zero-order valence-corrected chi connectivity index (χ0v) is 14.8. The topological polar surface area (TPSA) is 70.1 Å². The first kappa shape index (κ1) is 16.7. The van der Waals surface area contributed by atoms with Gasteiger partial charge in [0, 0.05) is 16.7 Å². The second kappa shape index (κ2) is 7.25. The lowest BCUT2D eigenvalue weighted by Gasteiger charge is -2.03. The fourth-order valence-corrected chi connectivity index (χ4v) is 2.90. The predicted octanol–water partition coefficient (Wildman–Crippen LogP) is 4.30. The van der Waals surface area contributed by atoms with E-state index in [0.29, 0.717) is 5.56 Å². The van der Waals surface area contributed by atoms with Gasteiger partial charge in [0.05, 0.1) is 18.1 Å². The van der Waals surface area contributed by atoms with Crippen molar-refractivity contribution in [2.24, 2.45) is 5.10 Å². The molecule has 27 heavy (non-hydrogen) atoms. The lowest BCUT2D eigenvalue weighted by atomic mass is 10.1. The molecule has 2 N–H and O–H groups in total. The Morgan fingerprint density at radius 1 is 1.04 bits per heavy atom. The van der Waals surface area contributed by atoms with E-state index < -0.39 is 0 Å². The van der Waals surface area contributed by atoms with Crippen LogP contribution in [0, 0.1) is 6.92 Å². The molecule has 1 heterocycles. The van der Waals surface area contributed by atoms with Gasteiger partial charge in [0.25, 0.3) is 5.91 Å². The molecule has 0 atom stereocenters. The molecule has 1 amide bonds. The maximum absolute atomic E-state index is 12.4. The molecule has 0 unspecified atom stereocenters. The smallest absolute Gasteiger partial charge is 0.271 e. The Kier molecular flexibility index (Phi) is 4.49. The molecule has 3 aromatic carbocycles. The van der Waals surface area contributed by atoms with Crippen molar-refractivity contribution in [1.29, 1.82) is 0 Å². The first-order valence-electron chi connectivity index (χ1n) is 8.63. The average molecular weight is 354 g/mol. The third-order valence-corrected chi connectivity index (χ3v) is 4.39. The van der Waals surface area contributed by atoms with Gasteiger partial charge in [0.1, 0.15) is 0 Å². The van der Waals surface area contributed by atoms with Crippen molar-refractivity contribution >= 4 is 22.9 Å². The van der Waals surface area contributed by atoms with E-state index >= 15 is 0 Å². The van der Waals surface area contributed by atoms with Crippen LogP contribution in [-0.4, -0.2) is 22.3 Å². The van der Waals surface area contributed by atoms with Gasteiger partial charge in [0.2, 0.25) is 0 Å². The molecular formula is C22H18N4O. The van der Waals surface area contributed by atoms with Crippen LogP contribution in [0.15, 0.2) is 78.0 Å². The van der Waals surface area contributed by atoms with Crippen LogP contribution in [0.5, 0.6) is 0 Å². The molecule has 0 radical (unpaired) electrons. The van der Waals surface area contributed by atoms with Crippen LogP contribution in [0.25, 0.3) is 22.0 Å². The molecule has 0 saturated heterocycles. The second-order valence-electron chi connectivity index (χ2n) is 6.33. The Morgan fingerprint density at radius 3 is 2.63 bits per heavy atom. The molecule has 4 rings (SSSR count). The minimum Gasteiger partial charge on any atom is -0.277 e. The quantitative estimate of drug-likeness (QED) is 0.424. The van der Waals surface area contributed by atoms with Gasteiger partial charge in [-0.05, 0) is 29.8 Å². The normalized spacial score (nSPS) is 11.1. The van der Waals surface area contributed by atoms with E-state index in [1.165, 1.54) is 5.56 Å². The molecule has 0 aliphatic rings. The number of rotatable bonds is 4. The summed E-state index contributed by atoms with van der Waals surface area (Å²) in [5.41, 5.74) is 7.01. The summed E-state index contributed by atoms with van der Waals surface area (Å²) in [6.45, 7) is 2.04. The standard InChI is InChI=1S/C22H18N4O/c1-15-6-8-17(9-7-15)21-20(13-23-25-21)14-24-26-22(27)19-11-10-16-4-2-3-5-18(16)12-19/h2-14H,1H3,(H,23,25)(H,26,27). The van der Waals surface area contributed by atoms with Crippen LogP contribution in [0.4, 0.5) is 0 Å². The summed E-state index contributed by atoms with van der Waals surface area (Å²) in [6, 6.07) is 21.6. The van der Waals surface area contributed by atoms with E-state index in [1.54, 1.807) is 18.5 Å². The molecule has 0 fully saturated rings. The Balaban J connectivity index is 1.50. The monoisotopic (exact) mass is 354 g/mol. The van der Waals surface area contributed by atoms with Crippen molar-refractivity contribution in [3.63, 3.8) is 0 Å². The third-order valence-electron chi connectivity index (χ3n) is 4.39. The fraction of sp³-hybridized carbons (Fsp3) is 0.0455. The number of carbonyl (C=O) groups is 1. The summed E-state index contributed by atoms with van der Waals surface area (Å²) < 4.78 is 0. The highest BCUT2D eigenvalue weighted by molar-refractivity contribution is 5.99. The van der Waals surface area contributed by atoms with Crippen molar-refractivity contribution in [3.8, 4) is 11.3 Å². The van der Waals surface area contributed by atoms with E-state index in [1.807, 2.05) is 67.6 Å². The highest BCUT2D eigenvalue weighted by Gasteiger charge is 2.07. The van der Waals surface area contributed by atoms with E-state index in [0.717, 1.165) is 27.6 Å². The number of H-pyrrole nitrogens is 1. The highest BCUT2D eigenvalue weighted by atomic mass is 16.2. The minimum absolute atomic E-state index is 0.252. The number of fused-ring (bicyclic) bond motifs is 1. The summed E-state index contributed by atoms with van der Waals surface area (Å²) in [4.78, 5) is 12.4. The summed E-state index contributed by atoms with van der Waals surface area (Å²) in [7, 11) is 0. The number of aromatic amines is 1. The number of nitrogens with one attached hydrogen (secondary N) is 2. The molecule has 5 nitrogen and oxygen atoms in total. The van der Waals surface area contributed by atoms with Gasteiger partial charge in [-0.25, -0.2) is 5.43 Å². The van der Waals surface area contributed by atoms with E-state index in [-0.39, 0.29) is 5.91 Å². The molecule has 0 spiro atoms. The third kappa shape index (κ3) is 3.62. The molecule has 0 bridgehead atoms. The van der Waals surface area contributed by atoms with Gasteiger partial charge in [-0.3, -0.25) is 9.89 Å². The molecule has 0 aliphatic heterocycles. The maximum atomic E-state index is 12.4. The van der Waals surface area contributed by atoms with Crippen LogP contribution < -0.4 is 5.43 Å². The number of carbonyl (C=O) groups excluding carboxylic acids is 1. The number of aromatic nitrogens is 2. The summed E-state index contributed by atoms with van der Waals surface area (Å²) in [6.07, 6.45) is 3.28. The molecule has 0 aliphatic carbocycles. The van der Waals surface area contributed by atoms with Gasteiger partial charge in [-0.15, -0.1) is 0 Å². The van der Waals surface area contributed by atoms with E-state index in [9.17, 15) is 4.79 Å². The number of amides is 1. The summed E-state index contributed by atoms with van der Waals surface area (Å²) >= 11 is 0. The molecule has 132 valence electrons. The molecular weight excluding hydrogens is 336 g/mol. The molecule has 0 saturated carbocycles. The average Bonchev–Trinajstić information content (AvgIpc) is 3.16. The number of hydrazone groups is 1. The number of benzene rings is 3. The largest absolute Gasteiger partial charge is 0.277 e. The van der Waals surface area contributed by atoms with E-state index in [4.69, 9.17) is 0 Å². The van der Waals surface area contributed by atoms with Gasteiger partial charge >= 0.3 is 0 Å². The Bertz CT molecular complexity index is 1130. The predicted molar refractivity (Wildman–Crippen MR) is 108 cm³/mol. The van der Waals surface area contributed by atoms with Crippen LogP contribution in [0.1, 0.15) is 21.5 Å². The van der Waals surface area contributed by atoms with Gasteiger partial charge in [-0.2, -0.15) is 10.2 Å². The number of aryl methyl sites for hydroxylation is 1. The zero-order valence-electron chi connectivity index (χ0n) is 14.8.